The molecule has 0 amide bonds. The number of rotatable bonds is 2. The van der Waals surface area contributed by atoms with E-state index in [0.717, 1.165) is 0 Å². The molecule has 0 heterocycles. The van der Waals surface area contributed by atoms with Crippen LogP contribution in [0, 0.1) is 0 Å². The topological polar surface area (TPSA) is 0 Å². The third kappa shape index (κ3) is 6.56. The normalized spacial score (nSPS) is 12.0. The van der Waals surface area contributed by atoms with Gasteiger partial charge >= 0.3 is 54.7 Å². The van der Waals surface area contributed by atoms with Gasteiger partial charge in [-0.3, -0.25) is 0 Å². The summed E-state index contributed by atoms with van der Waals surface area (Å²) in [6.45, 7) is 6.84. The van der Waals surface area contributed by atoms with Gasteiger partial charge in [-0.15, -0.1) is 0 Å². The van der Waals surface area contributed by atoms with Crippen molar-refractivity contribution >= 4 is 16.9 Å². The standard InChI is InChI=1S/C6H15As/c1-4-5-6(2,3)7/h4-5,7H2,1-3H3. The van der Waals surface area contributed by atoms with Crippen LogP contribution in [0.2, 0.25) is 4.20 Å². The van der Waals surface area contributed by atoms with Crippen molar-refractivity contribution in [1.29, 1.82) is 0 Å². The molecule has 0 radical (unpaired) electrons. The second-order valence-electron chi connectivity index (χ2n) is 2.74. The van der Waals surface area contributed by atoms with Crippen molar-refractivity contribution in [2.45, 2.75) is 37.8 Å². The van der Waals surface area contributed by atoms with Crippen LogP contribution in [0.5, 0.6) is 0 Å². The summed E-state index contributed by atoms with van der Waals surface area (Å²) in [5.74, 6) is 0. The molecule has 0 aromatic rings. The van der Waals surface area contributed by atoms with Crippen LogP contribution < -0.4 is 0 Å². The summed E-state index contributed by atoms with van der Waals surface area (Å²) < 4.78 is 0.613. The summed E-state index contributed by atoms with van der Waals surface area (Å²) in [6, 6.07) is 0. The zero-order valence-corrected chi connectivity index (χ0v) is 7.91. The van der Waals surface area contributed by atoms with E-state index in [1.54, 1.807) is 0 Å². The Morgan fingerprint density at radius 3 is 1.86 bits per heavy atom. The van der Waals surface area contributed by atoms with Gasteiger partial charge in [-0.05, 0) is 0 Å². The molecule has 7 heavy (non-hydrogen) atoms. The van der Waals surface area contributed by atoms with Gasteiger partial charge in [-0.25, -0.2) is 0 Å². The van der Waals surface area contributed by atoms with E-state index in [-0.39, 0.29) is 0 Å². The molecule has 1 unspecified atom stereocenters. The number of hydrogen-bond donors (Lipinski definition) is 0. The fourth-order valence-electron chi connectivity index (χ4n) is 0.644. The molecule has 0 N–H and O–H groups in total. The van der Waals surface area contributed by atoms with Crippen molar-refractivity contribution < 1.29 is 0 Å². The van der Waals surface area contributed by atoms with Crippen LogP contribution in [-0.4, -0.2) is 16.9 Å². The van der Waals surface area contributed by atoms with E-state index in [1.165, 1.54) is 12.8 Å². The van der Waals surface area contributed by atoms with Crippen LogP contribution in [0.1, 0.15) is 33.6 Å². The molecule has 0 saturated heterocycles. The Morgan fingerprint density at radius 1 is 1.43 bits per heavy atom. The van der Waals surface area contributed by atoms with Crippen LogP contribution in [0.3, 0.4) is 0 Å². The Bertz CT molecular complexity index is 42.6. The van der Waals surface area contributed by atoms with Crippen LogP contribution in [0.15, 0.2) is 0 Å². The predicted molar refractivity (Wildman–Crippen MR) is 37.5 cm³/mol. The molecule has 0 rings (SSSR count). The molecule has 0 nitrogen and oxygen atoms in total. The zero-order valence-electron chi connectivity index (χ0n) is 5.49. The van der Waals surface area contributed by atoms with Gasteiger partial charge in [-0.2, -0.15) is 0 Å². The molecular formula is C6H15As. The average molecular weight is 162 g/mol. The van der Waals surface area contributed by atoms with Gasteiger partial charge in [0, 0.05) is 0 Å². The van der Waals surface area contributed by atoms with Crippen LogP contribution in [-0.2, 0) is 0 Å². The first-order valence-electron chi connectivity index (χ1n) is 2.85. The molecule has 0 bridgehead atoms. The first kappa shape index (κ1) is 7.56. The zero-order chi connectivity index (χ0) is 5.91. The van der Waals surface area contributed by atoms with Gasteiger partial charge in [0.15, 0.2) is 0 Å². The maximum atomic E-state index is 2.30. The third-order valence-electron chi connectivity index (χ3n) is 0.894. The van der Waals surface area contributed by atoms with Crippen molar-refractivity contribution in [2.24, 2.45) is 0 Å². The predicted octanol–water partition coefficient (Wildman–Crippen LogP) is 1.62. The minimum absolute atomic E-state index is 0.613. The van der Waals surface area contributed by atoms with Crippen molar-refractivity contribution in [2.75, 3.05) is 0 Å². The molecule has 0 fully saturated rings. The van der Waals surface area contributed by atoms with E-state index < -0.39 is 0 Å². The molecule has 1 heteroatoms. The van der Waals surface area contributed by atoms with Crippen molar-refractivity contribution in [3.63, 3.8) is 0 Å². The molecule has 44 valence electrons. The second kappa shape index (κ2) is 2.77. The molecule has 0 aromatic carbocycles. The summed E-state index contributed by atoms with van der Waals surface area (Å²) in [5.41, 5.74) is 0. The maximum absolute atomic E-state index is 2.30. The Morgan fingerprint density at radius 2 is 1.86 bits per heavy atom. The third-order valence-corrected chi connectivity index (χ3v) is 1.50. The van der Waals surface area contributed by atoms with E-state index in [2.05, 4.69) is 20.8 Å². The summed E-state index contributed by atoms with van der Waals surface area (Å²) in [5, 5.41) is 0. The van der Waals surface area contributed by atoms with Gasteiger partial charge in [-0.1, -0.05) is 0 Å². The Kier molecular flexibility index (Phi) is 2.99. The van der Waals surface area contributed by atoms with Crippen molar-refractivity contribution in [3.05, 3.63) is 0 Å². The van der Waals surface area contributed by atoms with Gasteiger partial charge < -0.3 is 0 Å². The summed E-state index contributed by atoms with van der Waals surface area (Å²) >= 11 is 1.85. The van der Waals surface area contributed by atoms with E-state index in [0.29, 0.717) is 4.20 Å². The Hall–Kier alpha value is 0.558. The van der Waals surface area contributed by atoms with Gasteiger partial charge in [0.25, 0.3) is 0 Å². The van der Waals surface area contributed by atoms with Gasteiger partial charge in [0.05, 0.1) is 0 Å². The first-order chi connectivity index (χ1) is 3.06. The van der Waals surface area contributed by atoms with Crippen LogP contribution in [0.25, 0.3) is 0 Å². The minimum atomic E-state index is 0.613. The Labute approximate surface area is 55.2 Å². The fraction of sp³-hybridized carbons (Fsp3) is 1.00. The van der Waals surface area contributed by atoms with Crippen molar-refractivity contribution in [3.8, 4) is 0 Å². The molecule has 0 saturated carbocycles. The first-order valence-corrected chi connectivity index (χ1v) is 4.06. The monoisotopic (exact) mass is 162 g/mol. The molecule has 0 aliphatic carbocycles. The van der Waals surface area contributed by atoms with Crippen molar-refractivity contribution in [1.82, 2.24) is 0 Å². The molecule has 0 spiro atoms. The molecule has 0 aliphatic rings. The van der Waals surface area contributed by atoms with Crippen LogP contribution in [0.4, 0.5) is 0 Å². The van der Waals surface area contributed by atoms with Gasteiger partial charge in [0.1, 0.15) is 0 Å². The van der Waals surface area contributed by atoms with Gasteiger partial charge in [0.2, 0.25) is 0 Å². The second-order valence-corrected chi connectivity index (χ2v) is 6.02. The summed E-state index contributed by atoms with van der Waals surface area (Å²) in [6.07, 6.45) is 2.69. The average Bonchev–Trinajstić information content (AvgIpc) is 1.30. The quantitative estimate of drug-likeness (QED) is 0.541. The van der Waals surface area contributed by atoms with E-state index in [9.17, 15) is 0 Å². The van der Waals surface area contributed by atoms with E-state index in [1.807, 2.05) is 16.9 Å². The summed E-state index contributed by atoms with van der Waals surface area (Å²) in [7, 11) is 0. The van der Waals surface area contributed by atoms with Crippen LogP contribution >= 0.6 is 0 Å². The SMILES string of the molecule is CCCC(C)(C)[AsH2]. The Balaban J connectivity index is 3.15. The fourth-order valence-corrected chi connectivity index (χ4v) is 1.25. The molecule has 0 aromatic heterocycles. The van der Waals surface area contributed by atoms with E-state index >= 15 is 0 Å². The number of hydrogen-bond acceptors (Lipinski definition) is 0. The summed E-state index contributed by atoms with van der Waals surface area (Å²) in [4.78, 5) is 0. The molecule has 1 atom stereocenters. The molecular weight excluding hydrogens is 147 g/mol. The molecule has 0 aliphatic heterocycles. The van der Waals surface area contributed by atoms with E-state index in [4.69, 9.17) is 0 Å².